The van der Waals surface area contributed by atoms with Gasteiger partial charge in [-0.05, 0) is 19.1 Å². The molecule has 0 bridgehead atoms. The zero-order chi connectivity index (χ0) is 17.6. The Bertz CT molecular complexity index is 887. The van der Waals surface area contributed by atoms with Crippen molar-refractivity contribution in [3.05, 3.63) is 71.9 Å². The van der Waals surface area contributed by atoms with Crippen LogP contribution in [-0.4, -0.2) is 23.6 Å². The summed E-state index contributed by atoms with van der Waals surface area (Å²) in [5, 5.41) is 6.44. The molecule has 0 fully saturated rings. The number of hydrogen-bond acceptors (Lipinski definition) is 5. The van der Waals surface area contributed by atoms with Gasteiger partial charge in [0.05, 0.1) is 24.1 Å². The first-order valence-electron chi connectivity index (χ1n) is 7.78. The van der Waals surface area contributed by atoms with Gasteiger partial charge in [0, 0.05) is 5.56 Å². The third-order valence-electron chi connectivity index (χ3n) is 3.52. The van der Waals surface area contributed by atoms with Crippen molar-refractivity contribution in [2.75, 3.05) is 11.9 Å². The quantitative estimate of drug-likeness (QED) is 0.717. The summed E-state index contributed by atoms with van der Waals surface area (Å²) in [7, 11) is 0. The molecule has 0 spiro atoms. The van der Waals surface area contributed by atoms with Crippen molar-refractivity contribution in [2.45, 2.75) is 6.92 Å². The monoisotopic (exact) mass is 336 g/mol. The van der Waals surface area contributed by atoms with Crippen molar-refractivity contribution in [1.29, 1.82) is 0 Å². The molecule has 0 saturated carbocycles. The largest absolute Gasteiger partial charge is 0.462 e. The number of nitrogens with one attached hydrogen (secondary N) is 1. The minimum atomic E-state index is -0.494. The molecule has 0 radical (unpaired) electrons. The lowest BCUT2D eigenvalue weighted by Crippen LogP contribution is -2.16. The number of para-hydroxylation sites is 1. The summed E-state index contributed by atoms with van der Waals surface area (Å²) in [6.07, 6.45) is 1.35. The van der Waals surface area contributed by atoms with Crippen LogP contribution < -0.4 is 5.32 Å². The number of nitrogens with zero attached hydrogens (tertiary/aromatic N) is 1. The minimum absolute atomic E-state index is 0.255. The standard InChI is InChI=1S/C19H16N2O4/c1-2-24-19(23)14-10-6-7-11-16(14)21-18(22)15-12-20-25-17(15)13-8-4-3-5-9-13/h3-12H,2H2,1H3,(H,21,22). The fraction of sp³-hybridized carbons (Fsp3) is 0.105. The molecular weight excluding hydrogens is 320 g/mol. The lowest BCUT2D eigenvalue weighted by molar-refractivity contribution is 0.0527. The van der Waals surface area contributed by atoms with E-state index in [1.54, 1.807) is 31.2 Å². The van der Waals surface area contributed by atoms with E-state index in [0.29, 0.717) is 11.4 Å². The summed E-state index contributed by atoms with van der Waals surface area (Å²) in [6, 6.07) is 15.9. The number of carbonyl (C=O) groups excluding carboxylic acids is 2. The average molecular weight is 336 g/mol. The second-order valence-corrected chi connectivity index (χ2v) is 5.15. The molecule has 0 aliphatic heterocycles. The summed E-state index contributed by atoms with van der Waals surface area (Å²) in [5.41, 5.74) is 1.68. The van der Waals surface area contributed by atoms with E-state index in [1.807, 2.05) is 30.3 Å². The molecule has 2 aromatic carbocycles. The van der Waals surface area contributed by atoms with E-state index in [0.717, 1.165) is 5.56 Å². The summed E-state index contributed by atoms with van der Waals surface area (Å²) in [4.78, 5) is 24.7. The van der Waals surface area contributed by atoms with Gasteiger partial charge < -0.3 is 14.6 Å². The van der Waals surface area contributed by atoms with Crippen molar-refractivity contribution < 1.29 is 18.8 Å². The van der Waals surface area contributed by atoms with Gasteiger partial charge in [-0.25, -0.2) is 4.79 Å². The van der Waals surface area contributed by atoms with Gasteiger partial charge in [-0.3, -0.25) is 4.79 Å². The Balaban J connectivity index is 1.88. The highest BCUT2D eigenvalue weighted by Crippen LogP contribution is 2.25. The van der Waals surface area contributed by atoms with Crippen molar-refractivity contribution >= 4 is 17.6 Å². The van der Waals surface area contributed by atoms with Crippen molar-refractivity contribution in [3.63, 3.8) is 0 Å². The highest BCUT2D eigenvalue weighted by Gasteiger charge is 2.20. The second-order valence-electron chi connectivity index (χ2n) is 5.15. The van der Waals surface area contributed by atoms with Gasteiger partial charge >= 0.3 is 5.97 Å². The molecule has 1 heterocycles. The van der Waals surface area contributed by atoms with E-state index in [4.69, 9.17) is 9.26 Å². The molecule has 1 amide bonds. The zero-order valence-corrected chi connectivity index (χ0v) is 13.6. The fourth-order valence-electron chi connectivity index (χ4n) is 2.37. The van der Waals surface area contributed by atoms with Crippen LogP contribution >= 0.6 is 0 Å². The van der Waals surface area contributed by atoms with Crippen LogP contribution in [0.4, 0.5) is 5.69 Å². The van der Waals surface area contributed by atoms with Gasteiger partial charge in [-0.15, -0.1) is 0 Å². The molecular formula is C19H16N2O4. The van der Waals surface area contributed by atoms with E-state index in [2.05, 4.69) is 10.5 Å². The molecule has 0 aliphatic carbocycles. The van der Waals surface area contributed by atoms with E-state index in [-0.39, 0.29) is 17.7 Å². The highest BCUT2D eigenvalue weighted by molar-refractivity contribution is 6.10. The zero-order valence-electron chi connectivity index (χ0n) is 13.6. The molecule has 0 unspecified atom stereocenters. The molecule has 1 N–H and O–H groups in total. The summed E-state index contributed by atoms with van der Waals surface area (Å²) >= 11 is 0. The molecule has 0 saturated heterocycles. The Morgan fingerprint density at radius 2 is 1.76 bits per heavy atom. The Morgan fingerprint density at radius 3 is 2.52 bits per heavy atom. The summed E-state index contributed by atoms with van der Waals surface area (Å²) in [5.74, 6) is -0.546. The molecule has 0 aliphatic rings. The van der Waals surface area contributed by atoms with Gasteiger partial charge in [-0.2, -0.15) is 0 Å². The number of ether oxygens (including phenoxy) is 1. The minimum Gasteiger partial charge on any atom is -0.462 e. The molecule has 3 aromatic rings. The van der Waals surface area contributed by atoms with Crippen LogP contribution in [0.2, 0.25) is 0 Å². The van der Waals surface area contributed by atoms with E-state index in [9.17, 15) is 9.59 Å². The number of rotatable bonds is 5. The normalized spacial score (nSPS) is 10.3. The van der Waals surface area contributed by atoms with Crippen molar-refractivity contribution in [1.82, 2.24) is 5.16 Å². The van der Waals surface area contributed by atoms with Gasteiger partial charge in [0.25, 0.3) is 5.91 Å². The summed E-state index contributed by atoms with van der Waals surface area (Å²) < 4.78 is 10.2. The van der Waals surface area contributed by atoms with Crippen LogP contribution in [0.15, 0.2) is 65.3 Å². The number of anilines is 1. The van der Waals surface area contributed by atoms with Gasteiger partial charge in [0.1, 0.15) is 5.56 Å². The fourth-order valence-corrected chi connectivity index (χ4v) is 2.37. The van der Waals surface area contributed by atoms with Crippen LogP contribution in [-0.2, 0) is 4.74 Å². The maximum absolute atomic E-state index is 12.6. The molecule has 6 nitrogen and oxygen atoms in total. The van der Waals surface area contributed by atoms with Gasteiger partial charge in [-0.1, -0.05) is 47.6 Å². The van der Waals surface area contributed by atoms with Crippen LogP contribution in [0.25, 0.3) is 11.3 Å². The van der Waals surface area contributed by atoms with Gasteiger partial charge in [0.15, 0.2) is 5.76 Å². The predicted octanol–water partition coefficient (Wildman–Crippen LogP) is 3.77. The van der Waals surface area contributed by atoms with Crippen LogP contribution in [0.3, 0.4) is 0 Å². The predicted molar refractivity (Wildman–Crippen MR) is 92.3 cm³/mol. The molecule has 6 heteroatoms. The lowest BCUT2D eigenvalue weighted by atomic mass is 10.1. The molecule has 3 rings (SSSR count). The average Bonchev–Trinajstić information content (AvgIpc) is 3.13. The Hall–Kier alpha value is -3.41. The molecule has 126 valence electrons. The van der Waals surface area contributed by atoms with Crippen LogP contribution in [0.5, 0.6) is 0 Å². The summed E-state index contributed by atoms with van der Waals surface area (Å²) in [6.45, 7) is 1.98. The first kappa shape index (κ1) is 16.4. The smallest absolute Gasteiger partial charge is 0.340 e. The van der Waals surface area contributed by atoms with Gasteiger partial charge in [0.2, 0.25) is 0 Å². The number of esters is 1. The highest BCUT2D eigenvalue weighted by atomic mass is 16.5. The topological polar surface area (TPSA) is 81.4 Å². The maximum atomic E-state index is 12.6. The Labute approximate surface area is 144 Å². The van der Waals surface area contributed by atoms with E-state index >= 15 is 0 Å². The van der Waals surface area contributed by atoms with Crippen molar-refractivity contribution in [3.8, 4) is 11.3 Å². The number of aromatic nitrogens is 1. The van der Waals surface area contributed by atoms with Crippen LogP contribution in [0.1, 0.15) is 27.6 Å². The molecule has 25 heavy (non-hydrogen) atoms. The second kappa shape index (κ2) is 7.44. The molecule has 1 aromatic heterocycles. The number of carbonyl (C=O) groups is 2. The lowest BCUT2D eigenvalue weighted by Gasteiger charge is -2.10. The Kier molecular flexibility index (Phi) is 4.89. The SMILES string of the molecule is CCOC(=O)c1ccccc1NC(=O)c1cnoc1-c1ccccc1. The third-order valence-corrected chi connectivity index (χ3v) is 3.52. The maximum Gasteiger partial charge on any atom is 0.340 e. The van der Waals surface area contributed by atoms with Crippen molar-refractivity contribution in [2.24, 2.45) is 0 Å². The number of benzene rings is 2. The first-order valence-corrected chi connectivity index (χ1v) is 7.78. The number of hydrogen-bond donors (Lipinski definition) is 1. The Morgan fingerprint density at radius 1 is 1.04 bits per heavy atom. The van der Waals surface area contributed by atoms with Crippen LogP contribution in [0, 0.1) is 0 Å². The molecule has 0 atom stereocenters. The van der Waals surface area contributed by atoms with E-state index < -0.39 is 11.9 Å². The van der Waals surface area contributed by atoms with E-state index in [1.165, 1.54) is 6.20 Å². The third kappa shape index (κ3) is 3.58. The number of amides is 1. The first-order chi connectivity index (χ1) is 12.2.